The van der Waals surface area contributed by atoms with E-state index in [0.29, 0.717) is 11.3 Å². The Kier molecular flexibility index (Phi) is 7.42. The average molecular weight is 426 g/mol. The van der Waals surface area contributed by atoms with E-state index in [0.717, 1.165) is 11.3 Å². The molecule has 2 aromatic rings. The lowest BCUT2D eigenvalue weighted by molar-refractivity contribution is 0.0527. The molecule has 1 amide bonds. The normalized spacial score (nSPS) is 10.3. The number of anilines is 1. The number of hydrogen-bond acceptors (Lipinski definition) is 7. The first-order chi connectivity index (χ1) is 13.3. The van der Waals surface area contributed by atoms with Crippen molar-refractivity contribution >= 4 is 45.8 Å². The van der Waals surface area contributed by atoms with E-state index in [4.69, 9.17) is 25.8 Å². The lowest BCUT2D eigenvalue weighted by Crippen LogP contribution is -2.15. The van der Waals surface area contributed by atoms with Gasteiger partial charge in [-0.1, -0.05) is 11.6 Å². The molecule has 0 aliphatic heterocycles. The summed E-state index contributed by atoms with van der Waals surface area (Å²) in [7, 11) is 1.47. The zero-order chi connectivity index (χ0) is 20.8. The molecular formula is C19H20ClNO6S. The van der Waals surface area contributed by atoms with Gasteiger partial charge >= 0.3 is 11.9 Å². The van der Waals surface area contributed by atoms with Gasteiger partial charge in [0.15, 0.2) is 0 Å². The van der Waals surface area contributed by atoms with Crippen molar-refractivity contribution in [2.75, 3.05) is 25.6 Å². The summed E-state index contributed by atoms with van der Waals surface area (Å²) < 4.78 is 15.2. The summed E-state index contributed by atoms with van der Waals surface area (Å²) in [4.78, 5) is 37.4. The fourth-order valence-corrected chi connectivity index (χ4v) is 3.77. The quantitative estimate of drug-likeness (QED) is 0.664. The molecule has 0 spiro atoms. The highest BCUT2D eigenvalue weighted by molar-refractivity contribution is 7.18. The molecule has 0 saturated carbocycles. The van der Waals surface area contributed by atoms with Gasteiger partial charge in [0.2, 0.25) is 0 Å². The standard InChI is InChI=1S/C19H20ClNO6S/c1-5-26-18(23)14-10(3)15(19(24)27-6-2)28-17(14)21-16(22)11-7-8-13(25-4)12(20)9-11/h7-9H,5-6H2,1-4H3,(H,21,22). The predicted octanol–water partition coefficient (Wildman–Crippen LogP) is 4.32. The molecule has 1 aromatic heterocycles. The Bertz CT molecular complexity index is 908. The van der Waals surface area contributed by atoms with E-state index < -0.39 is 17.8 Å². The fraction of sp³-hybridized carbons (Fsp3) is 0.316. The third kappa shape index (κ3) is 4.63. The molecule has 0 aliphatic carbocycles. The van der Waals surface area contributed by atoms with E-state index in [1.807, 2.05) is 0 Å². The highest BCUT2D eigenvalue weighted by Crippen LogP contribution is 2.35. The third-order valence-corrected chi connectivity index (χ3v) is 5.21. The molecule has 0 unspecified atom stereocenters. The number of carbonyl (C=O) groups excluding carboxylic acids is 3. The largest absolute Gasteiger partial charge is 0.495 e. The molecular weight excluding hydrogens is 406 g/mol. The minimum absolute atomic E-state index is 0.128. The Labute approximate surface area is 171 Å². The summed E-state index contributed by atoms with van der Waals surface area (Å²) in [5.74, 6) is -1.26. The Morgan fingerprint density at radius 3 is 2.32 bits per heavy atom. The summed E-state index contributed by atoms with van der Waals surface area (Å²) in [5.41, 5.74) is 0.789. The van der Waals surface area contributed by atoms with Crippen LogP contribution in [0.1, 0.15) is 49.8 Å². The molecule has 0 bridgehead atoms. The maximum Gasteiger partial charge on any atom is 0.348 e. The number of halogens is 1. The molecule has 150 valence electrons. The minimum atomic E-state index is -0.630. The van der Waals surface area contributed by atoms with E-state index in [1.54, 1.807) is 26.8 Å². The number of benzene rings is 1. The monoisotopic (exact) mass is 425 g/mol. The van der Waals surface area contributed by atoms with Gasteiger partial charge < -0.3 is 19.5 Å². The number of thiophene rings is 1. The van der Waals surface area contributed by atoms with Crippen molar-refractivity contribution in [3.8, 4) is 5.75 Å². The van der Waals surface area contributed by atoms with Gasteiger partial charge in [0.1, 0.15) is 15.6 Å². The van der Waals surface area contributed by atoms with Crippen LogP contribution in [-0.4, -0.2) is 38.2 Å². The third-order valence-electron chi connectivity index (χ3n) is 3.73. The second-order valence-corrected chi connectivity index (χ2v) is 6.93. The van der Waals surface area contributed by atoms with E-state index in [2.05, 4.69) is 5.32 Å². The summed E-state index contributed by atoms with van der Waals surface area (Å²) in [6.07, 6.45) is 0. The maximum atomic E-state index is 12.6. The second-order valence-electron chi connectivity index (χ2n) is 5.50. The lowest BCUT2D eigenvalue weighted by atomic mass is 10.1. The van der Waals surface area contributed by atoms with Crippen molar-refractivity contribution in [3.05, 3.63) is 44.8 Å². The van der Waals surface area contributed by atoms with Gasteiger partial charge in [-0.3, -0.25) is 4.79 Å². The van der Waals surface area contributed by atoms with Crippen LogP contribution in [0.4, 0.5) is 5.00 Å². The maximum absolute atomic E-state index is 12.6. The Hall–Kier alpha value is -2.58. The van der Waals surface area contributed by atoms with Crippen LogP contribution >= 0.6 is 22.9 Å². The summed E-state index contributed by atoms with van der Waals surface area (Å²) >= 11 is 7.03. The number of ether oxygens (including phenoxy) is 3. The van der Waals surface area contributed by atoms with Gasteiger partial charge in [-0.2, -0.15) is 0 Å². The lowest BCUT2D eigenvalue weighted by Gasteiger charge is -2.08. The van der Waals surface area contributed by atoms with Gasteiger partial charge in [0.25, 0.3) is 5.91 Å². The summed E-state index contributed by atoms with van der Waals surface area (Å²) in [5, 5.41) is 3.14. The molecule has 2 rings (SSSR count). The highest BCUT2D eigenvalue weighted by atomic mass is 35.5. The van der Waals surface area contributed by atoms with Crippen molar-refractivity contribution in [1.82, 2.24) is 0 Å². The van der Waals surface area contributed by atoms with Crippen molar-refractivity contribution < 1.29 is 28.6 Å². The summed E-state index contributed by atoms with van der Waals surface area (Å²) in [6, 6.07) is 4.55. The molecule has 7 nitrogen and oxygen atoms in total. The molecule has 0 radical (unpaired) electrons. The first-order valence-corrected chi connectivity index (χ1v) is 9.65. The van der Waals surface area contributed by atoms with Crippen LogP contribution in [-0.2, 0) is 9.47 Å². The molecule has 0 fully saturated rings. The second kappa shape index (κ2) is 9.57. The number of methoxy groups -OCH3 is 1. The minimum Gasteiger partial charge on any atom is -0.495 e. The fourth-order valence-electron chi connectivity index (χ4n) is 2.42. The van der Waals surface area contributed by atoms with Crippen molar-refractivity contribution in [2.24, 2.45) is 0 Å². The molecule has 1 heterocycles. The van der Waals surface area contributed by atoms with Crippen molar-refractivity contribution in [2.45, 2.75) is 20.8 Å². The predicted molar refractivity (Wildman–Crippen MR) is 107 cm³/mol. The van der Waals surface area contributed by atoms with Crippen LogP contribution in [0, 0.1) is 6.92 Å². The van der Waals surface area contributed by atoms with E-state index in [9.17, 15) is 14.4 Å². The summed E-state index contributed by atoms with van der Waals surface area (Å²) in [6.45, 7) is 5.31. The highest BCUT2D eigenvalue weighted by Gasteiger charge is 2.27. The smallest absolute Gasteiger partial charge is 0.348 e. The van der Waals surface area contributed by atoms with E-state index >= 15 is 0 Å². The zero-order valence-corrected chi connectivity index (χ0v) is 17.5. The number of nitrogens with one attached hydrogen (secondary N) is 1. The molecule has 28 heavy (non-hydrogen) atoms. The molecule has 1 aromatic carbocycles. The molecule has 0 atom stereocenters. The number of rotatable bonds is 7. The van der Waals surface area contributed by atoms with Crippen LogP contribution in [0.2, 0.25) is 5.02 Å². The van der Waals surface area contributed by atoms with Gasteiger partial charge in [-0.05, 0) is 44.5 Å². The number of amides is 1. The number of esters is 2. The van der Waals surface area contributed by atoms with E-state index in [1.165, 1.54) is 19.2 Å². The van der Waals surface area contributed by atoms with Crippen LogP contribution in [0.25, 0.3) is 0 Å². The van der Waals surface area contributed by atoms with Crippen LogP contribution in [0.3, 0.4) is 0 Å². The SMILES string of the molecule is CCOC(=O)c1sc(NC(=O)c2ccc(OC)c(Cl)c2)c(C(=O)OCC)c1C. The van der Waals surface area contributed by atoms with Crippen LogP contribution < -0.4 is 10.1 Å². The first-order valence-electron chi connectivity index (χ1n) is 8.46. The molecule has 0 saturated heterocycles. The zero-order valence-electron chi connectivity index (χ0n) is 15.9. The van der Waals surface area contributed by atoms with Crippen molar-refractivity contribution in [3.63, 3.8) is 0 Å². The molecule has 1 N–H and O–H groups in total. The average Bonchev–Trinajstić information content (AvgIpc) is 2.98. The van der Waals surface area contributed by atoms with Crippen LogP contribution in [0.15, 0.2) is 18.2 Å². The Morgan fingerprint density at radius 2 is 1.75 bits per heavy atom. The number of hydrogen-bond donors (Lipinski definition) is 1. The van der Waals surface area contributed by atoms with Gasteiger partial charge in [-0.25, -0.2) is 9.59 Å². The molecule has 0 aliphatic rings. The van der Waals surface area contributed by atoms with Crippen LogP contribution in [0.5, 0.6) is 5.75 Å². The van der Waals surface area contributed by atoms with E-state index in [-0.39, 0.29) is 39.2 Å². The van der Waals surface area contributed by atoms with Crippen molar-refractivity contribution in [1.29, 1.82) is 0 Å². The Morgan fingerprint density at radius 1 is 1.11 bits per heavy atom. The number of carbonyl (C=O) groups is 3. The Balaban J connectivity index is 2.41. The topological polar surface area (TPSA) is 90.9 Å². The molecule has 9 heteroatoms. The van der Waals surface area contributed by atoms with Gasteiger partial charge in [0, 0.05) is 5.56 Å². The van der Waals surface area contributed by atoms with Gasteiger partial charge in [-0.15, -0.1) is 11.3 Å². The first kappa shape index (κ1) is 21.7. The van der Waals surface area contributed by atoms with Gasteiger partial charge in [0.05, 0.1) is 30.9 Å².